The highest BCUT2D eigenvalue weighted by Gasteiger charge is 2.18. The Balaban J connectivity index is 1.45. The molecule has 0 aromatic heterocycles. The number of benzene rings is 2. The minimum Gasteiger partial charge on any atom is -0.300 e. The van der Waals surface area contributed by atoms with Crippen LogP contribution in [-0.4, -0.2) is 48.3 Å². The Hall–Kier alpha value is -2.48. The summed E-state index contributed by atoms with van der Waals surface area (Å²) in [5.74, 6) is 0.0591. The Morgan fingerprint density at radius 2 is 1.56 bits per heavy atom. The predicted molar refractivity (Wildman–Crippen MR) is 98.3 cm³/mol. The van der Waals surface area contributed by atoms with E-state index >= 15 is 0 Å². The third-order valence-corrected chi connectivity index (χ3v) is 4.72. The summed E-state index contributed by atoms with van der Waals surface area (Å²) in [6, 6.07) is 19.7. The van der Waals surface area contributed by atoms with Crippen molar-refractivity contribution in [3.05, 3.63) is 71.3 Å². The van der Waals surface area contributed by atoms with Gasteiger partial charge in [-0.25, -0.2) is 0 Å². The maximum Gasteiger partial charge on any atom is 0.165 e. The standard InChI is InChI=1S/C21H23N3O/c22-16-19-8-4-5-9-20(19)21(25)10-11-23-12-14-24(15-13-23)17-18-6-2-1-3-7-18/h1-9H,10-15,17H2. The summed E-state index contributed by atoms with van der Waals surface area (Å²) in [6.45, 7) is 5.77. The second-order valence-electron chi connectivity index (χ2n) is 6.43. The van der Waals surface area contributed by atoms with Crippen molar-refractivity contribution < 1.29 is 4.79 Å². The molecule has 0 N–H and O–H groups in total. The van der Waals surface area contributed by atoms with Crippen LogP contribution in [0.4, 0.5) is 0 Å². The van der Waals surface area contributed by atoms with E-state index in [2.05, 4.69) is 40.1 Å². The number of rotatable bonds is 6. The molecule has 2 aromatic rings. The van der Waals surface area contributed by atoms with Crippen LogP contribution in [0.1, 0.15) is 27.9 Å². The number of carbonyl (C=O) groups excluding carboxylic acids is 1. The van der Waals surface area contributed by atoms with Crippen molar-refractivity contribution in [3.8, 4) is 6.07 Å². The minimum atomic E-state index is 0.0591. The molecule has 1 fully saturated rings. The molecule has 25 heavy (non-hydrogen) atoms. The second-order valence-corrected chi connectivity index (χ2v) is 6.43. The summed E-state index contributed by atoms with van der Waals surface area (Å²) in [6.07, 6.45) is 0.470. The lowest BCUT2D eigenvalue weighted by atomic mass is 10.0. The molecule has 0 atom stereocenters. The Bertz CT molecular complexity index is 743. The lowest BCUT2D eigenvalue weighted by molar-refractivity contribution is 0.0922. The first-order valence-corrected chi connectivity index (χ1v) is 8.77. The van der Waals surface area contributed by atoms with E-state index < -0.39 is 0 Å². The minimum absolute atomic E-state index is 0.0591. The van der Waals surface area contributed by atoms with Gasteiger partial charge in [-0.3, -0.25) is 9.69 Å². The smallest absolute Gasteiger partial charge is 0.165 e. The van der Waals surface area contributed by atoms with Gasteiger partial charge in [-0.2, -0.15) is 5.26 Å². The molecular formula is C21H23N3O. The summed E-state index contributed by atoms with van der Waals surface area (Å²) in [4.78, 5) is 17.2. The highest BCUT2D eigenvalue weighted by atomic mass is 16.1. The molecule has 3 rings (SSSR count). The van der Waals surface area contributed by atoms with Crippen LogP contribution in [0.5, 0.6) is 0 Å². The zero-order valence-corrected chi connectivity index (χ0v) is 14.4. The molecule has 2 aromatic carbocycles. The number of hydrogen-bond acceptors (Lipinski definition) is 4. The van der Waals surface area contributed by atoms with E-state index in [1.165, 1.54) is 5.56 Å². The molecule has 1 aliphatic heterocycles. The van der Waals surface area contributed by atoms with Gasteiger partial charge < -0.3 is 4.90 Å². The van der Waals surface area contributed by atoms with Crippen LogP contribution in [0, 0.1) is 11.3 Å². The number of nitriles is 1. The van der Waals surface area contributed by atoms with Crippen LogP contribution in [0.3, 0.4) is 0 Å². The molecular weight excluding hydrogens is 310 g/mol. The van der Waals surface area contributed by atoms with Crippen LogP contribution in [-0.2, 0) is 6.54 Å². The lowest BCUT2D eigenvalue weighted by Gasteiger charge is -2.34. The van der Waals surface area contributed by atoms with Crippen molar-refractivity contribution >= 4 is 5.78 Å². The Kier molecular flexibility index (Phi) is 5.95. The van der Waals surface area contributed by atoms with Crippen molar-refractivity contribution in [3.63, 3.8) is 0 Å². The molecule has 0 radical (unpaired) electrons. The van der Waals surface area contributed by atoms with Crippen LogP contribution >= 0.6 is 0 Å². The van der Waals surface area contributed by atoms with Gasteiger partial charge in [0.15, 0.2) is 5.78 Å². The summed E-state index contributed by atoms with van der Waals surface area (Å²) < 4.78 is 0. The molecule has 0 amide bonds. The van der Waals surface area contributed by atoms with Crippen LogP contribution in [0.2, 0.25) is 0 Å². The number of piperazine rings is 1. The topological polar surface area (TPSA) is 47.3 Å². The fraction of sp³-hybridized carbons (Fsp3) is 0.333. The fourth-order valence-electron chi connectivity index (χ4n) is 3.23. The summed E-state index contributed by atoms with van der Waals surface area (Å²) in [5, 5.41) is 9.12. The van der Waals surface area contributed by atoms with E-state index in [9.17, 15) is 4.79 Å². The van der Waals surface area contributed by atoms with E-state index in [4.69, 9.17) is 5.26 Å². The van der Waals surface area contributed by atoms with Crippen LogP contribution < -0.4 is 0 Å². The lowest BCUT2D eigenvalue weighted by Crippen LogP contribution is -2.46. The largest absolute Gasteiger partial charge is 0.300 e. The maximum absolute atomic E-state index is 12.4. The first kappa shape index (κ1) is 17.3. The van der Waals surface area contributed by atoms with E-state index in [1.807, 2.05) is 12.1 Å². The Morgan fingerprint density at radius 1 is 0.920 bits per heavy atom. The van der Waals surface area contributed by atoms with Gasteiger partial charge in [0, 0.05) is 51.3 Å². The summed E-state index contributed by atoms with van der Waals surface area (Å²) in [7, 11) is 0. The first-order chi connectivity index (χ1) is 12.3. The highest BCUT2D eigenvalue weighted by molar-refractivity contribution is 5.98. The van der Waals surface area contributed by atoms with E-state index in [1.54, 1.807) is 18.2 Å². The van der Waals surface area contributed by atoms with E-state index in [0.717, 1.165) is 39.3 Å². The van der Waals surface area contributed by atoms with Crippen molar-refractivity contribution in [2.75, 3.05) is 32.7 Å². The van der Waals surface area contributed by atoms with Gasteiger partial charge in [0.2, 0.25) is 0 Å². The molecule has 128 valence electrons. The first-order valence-electron chi connectivity index (χ1n) is 8.77. The average molecular weight is 333 g/mol. The highest BCUT2D eigenvalue weighted by Crippen LogP contribution is 2.12. The average Bonchev–Trinajstić information content (AvgIpc) is 2.68. The van der Waals surface area contributed by atoms with Gasteiger partial charge in [-0.15, -0.1) is 0 Å². The molecule has 4 nitrogen and oxygen atoms in total. The fourth-order valence-corrected chi connectivity index (χ4v) is 3.23. The number of nitrogens with zero attached hydrogens (tertiary/aromatic N) is 3. The van der Waals surface area contributed by atoms with Crippen molar-refractivity contribution in [1.82, 2.24) is 9.80 Å². The van der Waals surface area contributed by atoms with Gasteiger partial charge in [0.25, 0.3) is 0 Å². The van der Waals surface area contributed by atoms with E-state index in [-0.39, 0.29) is 5.78 Å². The zero-order chi connectivity index (χ0) is 17.5. The summed E-state index contributed by atoms with van der Waals surface area (Å²) >= 11 is 0. The monoisotopic (exact) mass is 333 g/mol. The summed E-state index contributed by atoms with van der Waals surface area (Å²) in [5.41, 5.74) is 2.37. The SMILES string of the molecule is N#Cc1ccccc1C(=O)CCN1CCN(Cc2ccccc2)CC1. The molecule has 0 aliphatic carbocycles. The normalized spacial score (nSPS) is 15.6. The van der Waals surface area contributed by atoms with Gasteiger partial charge >= 0.3 is 0 Å². The molecule has 0 saturated carbocycles. The second kappa shape index (κ2) is 8.57. The molecule has 4 heteroatoms. The third kappa shape index (κ3) is 4.76. The van der Waals surface area contributed by atoms with E-state index in [0.29, 0.717) is 17.5 Å². The quantitative estimate of drug-likeness (QED) is 0.763. The molecule has 1 aliphatic rings. The van der Waals surface area contributed by atoms with Gasteiger partial charge in [0.05, 0.1) is 11.6 Å². The van der Waals surface area contributed by atoms with Gasteiger partial charge in [-0.1, -0.05) is 48.5 Å². The third-order valence-electron chi connectivity index (χ3n) is 4.72. The molecule has 0 spiro atoms. The van der Waals surface area contributed by atoms with Crippen molar-refractivity contribution in [2.24, 2.45) is 0 Å². The van der Waals surface area contributed by atoms with Crippen LogP contribution in [0.15, 0.2) is 54.6 Å². The Labute approximate surface area is 149 Å². The number of Topliss-reactive ketones (excluding diaryl/α,β-unsaturated/α-hetero) is 1. The number of ketones is 1. The maximum atomic E-state index is 12.4. The van der Waals surface area contributed by atoms with Gasteiger partial charge in [-0.05, 0) is 11.6 Å². The zero-order valence-electron chi connectivity index (χ0n) is 14.4. The number of carbonyl (C=O) groups is 1. The molecule has 1 saturated heterocycles. The predicted octanol–water partition coefficient (Wildman–Crippen LogP) is 2.95. The van der Waals surface area contributed by atoms with Crippen LogP contribution in [0.25, 0.3) is 0 Å². The molecule has 1 heterocycles. The van der Waals surface area contributed by atoms with Gasteiger partial charge in [0.1, 0.15) is 0 Å². The van der Waals surface area contributed by atoms with Crippen molar-refractivity contribution in [1.29, 1.82) is 5.26 Å². The number of hydrogen-bond donors (Lipinski definition) is 0. The van der Waals surface area contributed by atoms with Crippen molar-refractivity contribution in [2.45, 2.75) is 13.0 Å². The molecule has 0 bridgehead atoms. The molecule has 0 unspecified atom stereocenters. The Morgan fingerprint density at radius 3 is 2.28 bits per heavy atom.